The summed E-state index contributed by atoms with van der Waals surface area (Å²) in [7, 11) is 5.48. The monoisotopic (exact) mass is 438 g/mol. The summed E-state index contributed by atoms with van der Waals surface area (Å²) in [5.41, 5.74) is 1.17. The Labute approximate surface area is 186 Å². The molecule has 0 aromatic heterocycles. The number of hydrogen-bond donors (Lipinski definition) is 1. The van der Waals surface area contributed by atoms with Gasteiger partial charge in [-0.2, -0.15) is 0 Å². The first-order valence-corrected chi connectivity index (χ1v) is 10.4. The minimum atomic E-state index is -0.703. The molecule has 168 valence electrons. The van der Waals surface area contributed by atoms with Gasteiger partial charge in [-0.3, -0.25) is 9.59 Å². The first kappa shape index (κ1) is 21.7. The van der Waals surface area contributed by atoms with Gasteiger partial charge < -0.3 is 29.1 Å². The van der Waals surface area contributed by atoms with Crippen LogP contribution in [0.15, 0.2) is 48.0 Å². The van der Waals surface area contributed by atoms with Crippen LogP contribution in [0.1, 0.15) is 23.6 Å². The van der Waals surface area contributed by atoms with Gasteiger partial charge >= 0.3 is 0 Å². The molecule has 1 amide bonds. The van der Waals surface area contributed by atoms with Crippen molar-refractivity contribution in [2.24, 2.45) is 0 Å². The minimum absolute atomic E-state index is 0.0592. The van der Waals surface area contributed by atoms with Gasteiger partial charge in [-0.1, -0.05) is 12.1 Å². The molecular formula is C24H26N2O6. The summed E-state index contributed by atoms with van der Waals surface area (Å²) in [6.45, 7) is 1.25. The van der Waals surface area contributed by atoms with Crippen molar-refractivity contribution in [3.05, 3.63) is 59.2 Å². The van der Waals surface area contributed by atoms with Gasteiger partial charge in [-0.15, -0.1) is 0 Å². The molecule has 2 aliphatic heterocycles. The number of likely N-dealkylation sites (tertiary alicyclic amines) is 1. The molecule has 32 heavy (non-hydrogen) atoms. The fourth-order valence-corrected chi connectivity index (χ4v) is 4.00. The highest BCUT2D eigenvalue weighted by Gasteiger charge is 2.45. The number of methoxy groups -OCH3 is 1. The zero-order chi connectivity index (χ0) is 22.8. The lowest BCUT2D eigenvalue weighted by atomic mass is 9.95. The third-order valence-corrected chi connectivity index (χ3v) is 5.62. The van der Waals surface area contributed by atoms with Crippen LogP contribution < -0.4 is 14.2 Å². The number of carbonyl (C=O) groups is 2. The number of aliphatic hydroxyl groups is 1. The van der Waals surface area contributed by atoms with Gasteiger partial charge in [0.15, 0.2) is 11.5 Å². The molecule has 0 bridgehead atoms. The standard InChI is InChI=1S/C24H26N2O6/c1-25(2)11-4-12-26-21(15-5-8-17(30-3)9-6-15)20(23(28)24(26)29)22(27)16-7-10-18-19(13-16)32-14-31-18/h5-10,13,21,27H,4,11-12,14H2,1-3H3/b22-20+. The quantitative estimate of drug-likeness (QED) is 0.404. The topological polar surface area (TPSA) is 88.5 Å². The predicted molar refractivity (Wildman–Crippen MR) is 118 cm³/mol. The highest BCUT2D eigenvalue weighted by Crippen LogP contribution is 2.41. The smallest absolute Gasteiger partial charge is 0.295 e. The van der Waals surface area contributed by atoms with Crippen LogP contribution in [0, 0.1) is 0 Å². The normalized spacial score (nSPS) is 19.1. The molecule has 1 fully saturated rings. The maximum Gasteiger partial charge on any atom is 0.295 e. The van der Waals surface area contributed by atoms with E-state index in [-0.39, 0.29) is 18.1 Å². The van der Waals surface area contributed by atoms with E-state index in [1.807, 2.05) is 19.0 Å². The van der Waals surface area contributed by atoms with Crippen molar-refractivity contribution in [3.63, 3.8) is 0 Å². The van der Waals surface area contributed by atoms with Gasteiger partial charge in [0, 0.05) is 12.1 Å². The average Bonchev–Trinajstić information content (AvgIpc) is 3.36. The summed E-state index contributed by atoms with van der Waals surface area (Å²) in [6.07, 6.45) is 0.691. The molecule has 2 aromatic rings. The number of amides is 1. The second-order valence-corrected chi connectivity index (χ2v) is 7.99. The molecule has 1 unspecified atom stereocenters. The molecule has 2 aliphatic rings. The lowest BCUT2D eigenvalue weighted by molar-refractivity contribution is -0.139. The molecule has 1 saturated heterocycles. The van der Waals surface area contributed by atoms with Crippen LogP contribution in [0.25, 0.3) is 5.76 Å². The van der Waals surface area contributed by atoms with E-state index in [9.17, 15) is 14.7 Å². The summed E-state index contributed by atoms with van der Waals surface area (Å²) >= 11 is 0. The largest absolute Gasteiger partial charge is 0.507 e. The van der Waals surface area contributed by atoms with E-state index in [1.54, 1.807) is 49.6 Å². The molecular weight excluding hydrogens is 412 g/mol. The summed E-state index contributed by atoms with van der Waals surface area (Å²) in [5, 5.41) is 11.2. The lowest BCUT2D eigenvalue weighted by Gasteiger charge is -2.26. The Balaban J connectivity index is 1.77. The van der Waals surface area contributed by atoms with Crippen LogP contribution in [0.2, 0.25) is 0 Å². The Hall–Kier alpha value is -3.52. The molecule has 2 heterocycles. The highest BCUT2D eigenvalue weighted by molar-refractivity contribution is 6.46. The maximum atomic E-state index is 13.1. The zero-order valence-corrected chi connectivity index (χ0v) is 18.3. The van der Waals surface area contributed by atoms with Crippen molar-refractivity contribution in [3.8, 4) is 17.2 Å². The van der Waals surface area contributed by atoms with Gasteiger partial charge in [0.05, 0.1) is 18.7 Å². The van der Waals surface area contributed by atoms with Crippen molar-refractivity contribution in [1.29, 1.82) is 0 Å². The van der Waals surface area contributed by atoms with E-state index in [0.717, 1.165) is 12.1 Å². The van der Waals surface area contributed by atoms with Crippen molar-refractivity contribution < 1.29 is 28.9 Å². The molecule has 1 N–H and O–H groups in total. The number of rotatable bonds is 7. The van der Waals surface area contributed by atoms with Gasteiger partial charge in [-0.05, 0) is 63.0 Å². The van der Waals surface area contributed by atoms with E-state index in [1.165, 1.54) is 4.90 Å². The molecule has 0 radical (unpaired) electrons. The summed E-state index contributed by atoms with van der Waals surface area (Å²) in [5.74, 6) is 0.150. The van der Waals surface area contributed by atoms with E-state index < -0.39 is 17.7 Å². The van der Waals surface area contributed by atoms with Crippen LogP contribution in [-0.4, -0.2) is 67.7 Å². The Morgan fingerprint density at radius 3 is 2.53 bits per heavy atom. The van der Waals surface area contributed by atoms with Crippen molar-refractivity contribution in [2.45, 2.75) is 12.5 Å². The lowest BCUT2D eigenvalue weighted by Crippen LogP contribution is -2.32. The third-order valence-electron chi connectivity index (χ3n) is 5.62. The van der Waals surface area contributed by atoms with E-state index in [0.29, 0.717) is 35.8 Å². The third kappa shape index (κ3) is 4.01. The number of aliphatic hydroxyl groups excluding tert-OH is 1. The first-order valence-electron chi connectivity index (χ1n) is 10.4. The van der Waals surface area contributed by atoms with Crippen LogP contribution >= 0.6 is 0 Å². The Bertz CT molecular complexity index is 1060. The predicted octanol–water partition coefficient (Wildman–Crippen LogP) is 2.80. The van der Waals surface area contributed by atoms with Crippen molar-refractivity contribution >= 4 is 17.4 Å². The number of fused-ring (bicyclic) bond motifs is 1. The molecule has 0 saturated carbocycles. The molecule has 4 rings (SSSR count). The van der Waals surface area contributed by atoms with Crippen molar-refractivity contribution in [2.75, 3.05) is 41.1 Å². The summed E-state index contributed by atoms with van der Waals surface area (Å²) in [6, 6.07) is 11.4. The SMILES string of the molecule is COc1ccc(C2/C(=C(\O)c3ccc4c(c3)OCO4)C(=O)C(=O)N2CCCN(C)C)cc1. The molecule has 0 spiro atoms. The minimum Gasteiger partial charge on any atom is -0.507 e. The molecule has 8 nitrogen and oxygen atoms in total. The highest BCUT2D eigenvalue weighted by atomic mass is 16.7. The van der Waals surface area contributed by atoms with Gasteiger partial charge in [0.25, 0.3) is 11.7 Å². The Morgan fingerprint density at radius 1 is 1.12 bits per heavy atom. The second-order valence-electron chi connectivity index (χ2n) is 7.99. The van der Waals surface area contributed by atoms with Crippen molar-refractivity contribution in [1.82, 2.24) is 9.80 Å². The molecule has 8 heteroatoms. The first-order chi connectivity index (χ1) is 15.4. The van der Waals surface area contributed by atoms with Crippen LogP contribution in [0.3, 0.4) is 0 Å². The van der Waals surface area contributed by atoms with Crippen LogP contribution in [0.5, 0.6) is 17.2 Å². The van der Waals surface area contributed by atoms with E-state index in [2.05, 4.69) is 0 Å². The number of ether oxygens (including phenoxy) is 3. The Morgan fingerprint density at radius 2 is 1.84 bits per heavy atom. The fourth-order valence-electron chi connectivity index (χ4n) is 4.00. The fraction of sp³-hybridized carbons (Fsp3) is 0.333. The molecule has 1 atom stereocenters. The van der Waals surface area contributed by atoms with Gasteiger partial charge in [0.1, 0.15) is 11.5 Å². The second kappa shape index (κ2) is 8.92. The number of hydrogen-bond acceptors (Lipinski definition) is 7. The maximum absolute atomic E-state index is 13.1. The zero-order valence-electron chi connectivity index (χ0n) is 18.3. The van der Waals surface area contributed by atoms with Gasteiger partial charge in [0.2, 0.25) is 6.79 Å². The van der Waals surface area contributed by atoms with Crippen LogP contribution in [-0.2, 0) is 9.59 Å². The number of ketones is 1. The van der Waals surface area contributed by atoms with Crippen LogP contribution in [0.4, 0.5) is 0 Å². The number of Topliss-reactive ketones (excluding diaryl/α,β-unsaturated/α-hetero) is 1. The Kier molecular flexibility index (Phi) is 6.05. The summed E-state index contributed by atoms with van der Waals surface area (Å²) in [4.78, 5) is 29.6. The van der Waals surface area contributed by atoms with Gasteiger partial charge in [-0.25, -0.2) is 0 Å². The summed E-state index contributed by atoms with van der Waals surface area (Å²) < 4.78 is 16.0. The molecule has 0 aliphatic carbocycles. The molecule has 2 aromatic carbocycles. The number of carbonyl (C=O) groups excluding carboxylic acids is 2. The van der Waals surface area contributed by atoms with E-state index in [4.69, 9.17) is 14.2 Å². The number of benzene rings is 2. The number of nitrogens with zero attached hydrogens (tertiary/aromatic N) is 2. The average molecular weight is 438 g/mol. The van der Waals surface area contributed by atoms with E-state index >= 15 is 0 Å².